The third-order valence-electron chi connectivity index (χ3n) is 2.76. The number of nitrogens with zero attached hydrogens (tertiary/aromatic N) is 2. The minimum absolute atomic E-state index is 0.169. The van der Waals surface area contributed by atoms with Crippen molar-refractivity contribution >= 4 is 11.8 Å². The summed E-state index contributed by atoms with van der Waals surface area (Å²) in [6.07, 6.45) is 0. The van der Waals surface area contributed by atoms with Gasteiger partial charge in [0.1, 0.15) is 12.4 Å². The SMILES string of the molecule is CCOc1ccc2c(c1)C(=O)N(CCO[N+](=O)[O-])C2=O. The van der Waals surface area contributed by atoms with Crippen molar-refractivity contribution in [1.82, 2.24) is 4.90 Å². The number of hydrogen-bond donors (Lipinski definition) is 0. The molecule has 0 saturated carbocycles. The van der Waals surface area contributed by atoms with Gasteiger partial charge in [-0.05, 0) is 25.1 Å². The van der Waals surface area contributed by atoms with Crippen LogP contribution in [-0.2, 0) is 4.84 Å². The number of imide groups is 1. The highest BCUT2D eigenvalue weighted by Crippen LogP contribution is 2.26. The van der Waals surface area contributed by atoms with Crippen molar-refractivity contribution in [1.29, 1.82) is 0 Å². The zero-order valence-corrected chi connectivity index (χ0v) is 10.7. The largest absolute Gasteiger partial charge is 0.494 e. The number of ether oxygens (including phenoxy) is 1. The molecule has 0 unspecified atom stereocenters. The molecule has 20 heavy (non-hydrogen) atoms. The molecule has 0 bridgehead atoms. The second kappa shape index (κ2) is 5.55. The summed E-state index contributed by atoms with van der Waals surface area (Å²) >= 11 is 0. The Morgan fingerprint density at radius 3 is 2.60 bits per heavy atom. The van der Waals surface area contributed by atoms with Crippen molar-refractivity contribution < 1.29 is 24.3 Å². The number of fused-ring (bicyclic) bond motifs is 1. The van der Waals surface area contributed by atoms with E-state index in [2.05, 4.69) is 4.84 Å². The van der Waals surface area contributed by atoms with E-state index in [4.69, 9.17) is 4.74 Å². The standard InChI is InChI=1S/C12H12N2O6/c1-2-19-8-3-4-9-10(7-8)12(16)13(11(9)15)5-6-20-14(17)18/h3-4,7H,2,5-6H2,1H3. The first-order chi connectivity index (χ1) is 9.54. The average Bonchev–Trinajstić information content (AvgIpc) is 2.64. The maximum Gasteiger partial charge on any atom is 0.294 e. The highest BCUT2D eigenvalue weighted by Gasteiger charge is 2.35. The average molecular weight is 280 g/mol. The number of rotatable bonds is 6. The molecule has 0 aromatic heterocycles. The maximum absolute atomic E-state index is 12.1. The maximum atomic E-state index is 12.1. The lowest BCUT2D eigenvalue weighted by Gasteiger charge is -2.12. The first-order valence-corrected chi connectivity index (χ1v) is 5.95. The fourth-order valence-corrected chi connectivity index (χ4v) is 1.94. The summed E-state index contributed by atoms with van der Waals surface area (Å²) in [7, 11) is 0. The van der Waals surface area contributed by atoms with Crippen LogP contribution in [0.4, 0.5) is 0 Å². The lowest BCUT2D eigenvalue weighted by Crippen LogP contribution is -2.33. The molecule has 0 saturated heterocycles. The van der Waals surface area contributed by atoms with E-state index in [1.165, 1.54) is 12.1 Å². The summed E-state index contributed by atoms with van der Waals surface area (Å²) in [4.78, 5) is 39.1. The van der Waals surface area contributed by atoms with Crippen LogP contribution in [0.3, 0.4) is 0 Å². The van der Waals surface area contributed by atoms with Gasteiger partial charge in [-0.1, -0.05) is 0 Å². The molecule has 0 aliphatic carbocycles. The lowest BCUT2D eigenvalue weighted by atomic mass is 10.1. The molecular formula is C12H12N2O6. The van der Waals surface area contributed by atoms with Gasteiger partial charge in [-0.15, -0.1) is 10.1 Å². The molecule has 8 heteroatoms. The van der Waals surface area contributed by atoms with Gasteiger partial charge in [-0.25, -0.2) is 0 Å². The van der Waals surface area contributed by atoms with Crippen LogP contribution >= 0.6 is 0 Å². The molecule has 0 spiro atoms. The monoisotopic (exact) mass is 280 g/mol. The highest BCUT2D eigenvalue weighted by atomic mass is 16.9. The van der Waals surface area contributed by atoms with Gasteiger partial charge < -0.3 is 9.57 Å². The summed E-state index contributed by atoms with van der Waals surface area (Å²) in [6, 6.07) is 4.60. The fourth-order valence-electron chi connectivity index (χ4n) is 1.94. The zero-order valence-electron chi connectivity index (χ0n) is 10.7. The zero-order chi connectivity index (χ0) is 14.7. The predicted molar refractivity (Wildman–Crippen MR) is 65.9 cm³/mol. The van der Waals surface area contributed by atoms with Crippen molar-refractivity contribution in [3.8, 4) is 5.75 Å². The van der Waals surface area contributed by atoms with E-state index in [0.717, 1.165) is 4.90 Å². The Labute approximate surface area is 114 Å². The van der Waals surface area contributed by atoms with Crippen LogP contribution in [0.25, 0.3) is 0 Å². The molecule has 2 rings (SSSR count). The van der Waals surface area contributed by atoms with Crippen molar-refractivity contribution in [2.45, 2.75) is 6.92 Å². The second-order valence-corrected chi connectivity index (χ2v) is 3.96. The molecule has 1 aliphatic rings. The van der Waals surface area contributed by atoms with Crippen LogP contribution in [0.15, 0.2) is 18.2 Å². The van der Waals surface area contributed by atoms with E-state index in [1.807, 2.05) is 0 Å². The van der Waals surface area contributed by atoms with Gasteiger partial charge in [0.25, 0.3) is 16.9 Å². The van der Waals surface area contributed by atoms with Crippen LogP contribution in [-0.4, -0.2) is 41.6 Å². The summed E-state index contributed by atoms with van der Waals surface area (Å²) in [5.74, 6) is -0.491. The Morgan fingerprint density at radius 1 is 1.25 bits per heavy atom. The molecule has 0 atom stereocenters. The molecule has 106 valence electrons. The molecule has 1 aromatic rings. The van der Waals surface area contributed by atoms with Crippen LogP contribution in [0.2, 0.25) is 0 Å². The molecule has 0 N–H and O–H groups in total. The van der Waals surface area contributed by atoms with Crippen molar-refractivity contribution in [3.63, 3.8) is 0 Å². The smallest absolute Gasteiger partial charge is 0.294 e. The van der Waals surface area contributed by atoms with Gasteiger partial charge in [0.15, 0.2) is 0 Å². The minimum atomic E-state index is -0.967. The first-order valence-electron chi connectivity index (χ1n) is 5.95. The number of carbonyl (C=O) groups excluding carboxylic acids is 2. The fraction of sp³-hybridized carbons (Fsp3) is 0.333. The van der Waals surface area contributed by atoms with E-state index in [1.54, 1.807) is 13.0 Å². The van der Waals surface area contributed by atoms with E-state index in [9.17, 15) is 19.7 Å². The van der Waals surface area contributed by atoms with E-state index in [0.29, 0.717) is 12.4 Å². The Kier molecular flexibility index (Phi) is 3.83. The molecular weight excluding hydrogens is 268 g/mol. The summed E-state index contributed by atoms with van der Waals surface area (Å²) in [5, 5.41) is 9.08. The topological polar surface area (TPSA) is 99.0 Å². The number of benzene rings is 1. The Bertz CT molecular complexity index is 571. The van der Waals surface area contributed by atoms with Gasteiger partial charge in [0, 0.05) is 0 Å². The molecule has 1 heterocycles. The normalized spacial score (nSPS) is 13.3. The van der Waals surface area contributed by atoms with E-state index < -0.39 is 16.9 Å². The molecule has 1 aliphatic heterocycles. The van der Waals surface area contributed by atoms with Crippen molar-refractivity contribution in [3.05, 3.63) is 39.4 Å². The van der Waals surface area contributed by atoms with Gasteiger partial charge in [0.05, 0.1) is 24.3 Å². The lowest BCUT2D eigenvalue weighted by molar-refractivity contribution is -0.757. The molecule has 0 radical (unpaired) electrons. The number of amides is 2. The predicted octanol–water partition coefficient (Wildman–Crippen LogP) is 0.890. The second-order valence-electron chi connectivity index (χ2n) is 3.96. The van der Waals surface area contributed by atoms with E-state index in [-0.39, 0.29) is 24.3 Å². The van der Waals surface area contributed by atoms with Crippen LogP contribution in [0.5, 0.6) is 5.75 Å². The molecule has 0 fully saturated rings. The van der Waals surface area contributed by atoms with Crippen molar-refractivity contribution in [2.75, 3.05) is 19.8 Å². The van der Waals surface area contributed by atoms with Crippen LogP contribution in [0, 0.1) is 10.1 Å². The van der Waals surface area contributed by atoms with Gasteiger partial charge in [-0.2, -0.15) is 0 Å². The minimum Gasteiger partial charge on any atom is -0.494 e. The van der Waals surface area contributed by atoms with Gasteiger partial charge in [0.2, 0.25) is 0 Å². The third-order valence-corrected chi connectivity index (χ3v) is 2.76. The number of carbonyl (C=O) groups is 2. The Hall–Kier alpha value is -2.64. The Balaban J connectivity index is 2.15. The first kappa shape index (κ1) is 13.8. The van der Waals surface area contributed by atoms with E-state index >= 15 is 0 Å². The quantitative estimate of drug-likeness (QED) is 0.436. The van der Waals surface area contributed by atoms with Crippen molar-refractivity contribution in [2.24, 2.45) is 0 Å². The molecule has 8 nitrogen and oxygen atoms in total. The van der Waals surface area contributed by atoms with Gasteiger partial charge >= 0.3 is 0 Å². The third kappa shape index (κ3) is 2.53. The van der Waals surface area contributed by atoms with Crippen LogP contribution in [0.1, 0.15) is 27.6 Å². The summed E-state index contributed by atoms with van der Waals surface area (Å²) in [5.41, 5.74) is 0.501. The highest BCUT2D eigenvalue weighted by molar-refractivity contribution is 6.21. The Morgan fingerprint density at radius 2 is 1.95 bits per heavy atom. The van der Waals surface area contributed by atoms with Gasteiger partial charge in [-0.3, -0.25) is 14.5 Å². The number of hydrogen-bond acceptors (Lipinski definition) is 6. The molecule has 1 aromatic carbocycles. The summed E-state index contributed by atoms with van der Waals surface area (Å²) < 4.78 is 5.27. The summed E-state index contributed by atoms with van der Waals surface area (Å²) in [6.45, 7) is 1.73. The van der Waals surface area contributed by atoms with Crippen LogP contribution < -0.4 is 4.74 Å². The molecule has 2 amide bonds.